The molecule has 0 aliphatic heterocycles. The van der Waals surface area contributed by atoms with E-state index in [1.165, 1.54) is 0 Å². The molecule has 0 aliphatic carbocycles. The van der Waals surface area contributed by atoms with Gasteiger partial charge in [-0.2, -0.15) is 0 Å². The number of aliphatic imine (C=N–C) groups is 1. The van der Waals surface area contributed by atoms with Crippen LogP contribution in [0.15, 0.2) is 4.99 Å². The van der Waals surface area contributed by atoms with Crippen molar-refractivity contribution < 1.29 is 5.21 Å². The molecule has 0 heterocycles. The summed E-state index contributed by atoms with van der Waals surface area (Å²) in [5, 5.41) is 8.78. The van der Waals surface area contributed by atoms with Gasteiger partial charge in [0.25, 0.3) is 0 Å². The van der Waals surface area contributed by atoms with Crippen LogP contribution in [0.4, 0.5) is 0 Å². The van der Waals surface area contributed by atoms with Crippen LogP contribution in [-0.4, -0.2) is 24.0 Å². The van der Waals surface area contributed by atoms with Crippen LogP contribution in [0.25, 0.3) is 0 Å². The molecule has 1 unspecified atom stereocenters. The smallest absolute Gasteiger partial charge is 0.0586 e. The van der Waals surface area contributed by atoms with Crippen molar-refractivity contribution >= 4 is 6.72 Å². The van der Waals surface area contributed by atoms with Crippen molar-refractivity contribution in [3.63, 3.8) is 0 Å². The maximum absolute atomic E-state index is 8.78. The van der Waals surface area contributed by atoms with Gasteiger partial charge in [-0.15, -0.1) is 0 Å². The predicted molar refractivity (Wildman–Crippen MR) is 61.0 cm³/mol. The fourth-order valence-electron chi connectivity index (χ4n) is 1.55. The van der Waals surface area contributed by atoms with Crippen LogP contribution in [-0.2, 0) is 0 Å². The Hall–Kier alpha value is -0.410. The number of nitrogens with zero attached hydrogens (tertiary/aromatic N) is 1. The molecule has 0 radical (unpaired) electrons. The highest BCUT2D eigenvalue weighted by Crippen LogP contribution is 2.32. The van der Waals surface area contributed by atoms with Crippen molar-refractivity contribution in [1.29, 1.82) is 0 Å². The third-order valence-corrected chi connectivity index (χ3v) is 2.60. The third-order valence-electron chi connectivity index (χ3n) is 2.60. The summed E-state index contributed by atoms with van der Waals surface area (Å²) in [6, 6.07) is 0. The number of rotatable bonds is 5. The molecule has 0 spiro atoms. The number of hydrogen-bond acceptors (Lipinski definition) is 3. The van der Waals surface area contributed by atoms with Gasteiger partial charge in [0.15, 0.2) is 0 Å². The quantitative estimate of drug-likeness (QED) is 0.529. The highest BCUT2D eigenvalue weighted by atomic mass is 16.5. The molecule has 0 bridgehead atoms. The van der Waals surface area contributed by atoms with Crippen LogP contribution in [0.5, 0.6) is 0 Å². The zero-order valence-corrected chi connectivity index (χ0v) is 10.1. The molecule has 3 heteroatoms. The van der Waals surface area contributed by atoms with Crippen molar-refractivity contribution in [2.75, 3.05) is 6.54 Å². The van der Waals surface area contributed by atoms with E-state index in [-0.39, 0.29) is 11.0 Å². The third kappa shape index (κ3) is 4.72. The lowest BCUT2D eigenvalue weighted by atomic mass is 9.76. The molecule has 0 amide bonds. The first-order valence-corrected chi connectivity index (χ1v) is 5.08. The molecule has 84 valence electrons. The summed E-state index contributed by atoms with van der Waals surface area (Å²) in [5.74, 6) is 0.296. The second-order valence-electron chi connectivity index (χ2n) is 5.64. The molecule has 1 atom stereocenters. The minimum absolute atomic E-state index is 0.191. The second-order valence-corrected chi connectivity index (χ2v) is 5.64. The molecule has 0 rings (SSSR count). The van der Waals surface area contributed by atoms with Crippen LogP contribution in [0, 0.1) is 11.3 Å². The van der Waals surface area contributed by atoms with Crippen LogP contribution in [0.3, 0.4) is 0 Å². The molecule has 0 aliphatic rings. The Morgan fingerprint density at radius 1 is 1.29 bits per heavy atom. The zero-order valence-electron chi connectivity index (χ0n) is 10.1. The topological polar surface area (TPSA) is 44.6 Å². The van der Waals surface area contributed by atoms with E-state index in [2.05, 4.69) is 38.0 Å². The largest absolute Gasteiger partial charge is 0.317 e. The Bertz CT molecular complexity index is 182. The lowest BCUT2D eigenvalue weighted by molar-refractivity contribution is 0.111. The van der Waals surface area contributed by atoms with Gasteiger partial charge in [-0.25, -0.2) is 5.48 Å². The van der Waals surface area contributed by atoms with Crippen LogP contribution in [0.1, 0.15) is 41.0 Å². The summed E-state index contributed by atoms with van der Waals surface area (Å²) in [4.78, 5) is 4.12. The summed E-state index contributed by atoms with van der Waals surface area (Å²) < 4.78 is 0. The zero-order chi connectivity index (χ0) is 11.4. The van der Waals surface area contributed by atoms with Crippen LogP contribution < -0.4 is 5.48 Å². The maximum Gasteiger partial charge on any atom is 0.0586 e. The number of nitrogens with one attached hydrogen (secondary N) is 1. The second kappa shape index (κ2) is 4.89. The molecule has 0 aromatic rings. The summed E-state index contributed by atoms with van der Waals surface area (Å²) in [7, 11) is 0. The lowest BCUT2D eigenvalue weighted by Gasteiger charge is -2.34. The Labute approximate surface area is 87.6 Å². The molecule has 0 aromatic heterocycles. The van der Waals surface area contributed by atoms with Crippen molar-refractivity contribution in [2.24, 2.45) is 16.3 Å². The maximum atomic E-state index is 8.78. The Morgan fingerprint density at radius 2 is 1.79 bits per heavy atom. The van der Waals surface area contributed by atoms with Gasteiger partial charge in [-0.1, -0.05) is 20.8 Å². The summed E-state index contributed by atoms with van der Waals surface area (Å²) in [5.41, 5.74) is 2.29. The van der Waals surface area contributed by atoms with Gasteiger partial charge in [0, 0.05) is 6.54 Å². The van der Waals surface area contributed by atoms with E-state index in [0.717, 1.165) is 6.42 Å². The molecular formula is C11H24N2O. The van der Waals surface area contributed by atoms with Crippen molar-refractivity contribution in [3.8, 4) is 0 Å². The van der Waals surface area contributed by atoms with Gasteiger partial charge in [-0.3, -0.25) is 4.99 Å². The molecule has 3 nitrogen and oxygen atoms in total. The minimum atomic E-state index is -0.191. The summed E-state index contributed by atoms with van der Waals surface area (Å²) in [6.45, 7) is 14.8. The highest BCUT2D eigenvalue weighted by molar-refractivity contribution is 5.25. The predicted octanol–water partition coefficient (Wildman–Crippen LogP) is 2.50. The first-order chi connectivity index (χ1) is 6.23. The van der Waals surface area contributed by atoms with Crippen LogP contribution in [0.2, 0.25) is 0 Å². The van der Waals surface area contributed by atoms with E-state index < -0.39 is 0 Å². The number of hydrogen-bond donors (Lipinski definition) is 2. The van der Waals surface area contributed by atoms with E-state index in [1.54, 1.807) is 0 Å². The van der Waals surface area contributed by atoms with Gasteiger partial charge >= 0.3 is 0 Å². The molecule has 0 aromatic carbocycles. The van der Waals surface area contributed by atoms with E-state index in [1.807, 2.05) is 13.8 Å². The normalized spacial score (nSPS) is 15.3. The van der Waals surface area contributed by atoms with Gasteiger partial charge in [0.2, 0.25) is 0 Å². The monoisotopic (exact) mass is 200 g/mol. The number of hydroxylamine groups is 1. The van der Waals surface area contributed by atoms with Crippen molar-refractivity contribution in [3.05, 3.63) is 0 Å². The summed E-state index contributed by atoms with van der Waals surface area (Å²) >= 11 is 0. The molecular weight excluding hydrogens is 176 g/mol. The first kappa shape index (κ1) is 13.6. The molecule has 0 saturated carbocycles. The fourth-order valence-corrected chi connectivity index (χ4v) is 1.55. The Balaban J connectivity index is 4.52. The Kier molecular flexibility index (Phi) is 4.75. The molecule has 14 heavy (non-hydrogen) atoms. The van der Waals surface area contributed by atoms with E-state index >= 15 is 0 Å². The molecule has 0 fully saturated rings. The lowest BCUT2D eigenvalue weighted by Crippen LogP contribution is -2.38. The average Bonchev–Trinajstić information content (AvgIpc) is 2.01. The SMILES string of the molecule is C=NC(C)(C)C(CNO)CC(C)(C)C. The average molecular weight is 200 g/mol. The molecule has 2 N–H and O–H groups in total. The standard InChI is InChI=1S/C11H24N2O/c1-10(2,3)7-9(8-13-14)11(4,5)12-6/h9,13-14H,6-8H2,1-5H3. The molecule has 0 saturated heterocycles. The van der Waals surface area contributed by atoms with E-state index in [4.69, 9.17) is 5.21 Å². The van der Waals surface area contributed by atoms with Crippen molar-refractivity contribution in [2.45, 2.75) is 46.6 Å². The highest BCUT2D eigenvalue weighted by Gasteiger charge is 2.31. The van der Waals surface area contributed by atoms with Gasteiger partial charge in [0.05, 0.1) is 5.54 Å². The summed E-state index contributed by atoms with van der Waals surface area (Å²) in [6.07, 6.45) is 1.01. The van der Waals surface area contributed by atoms with Crippen molar-refractivity contribution in [1.82, 2.24) is 5.48 Å². The Morgan fingerprint density at radius 3 is 2.07 bits per heavy atom. The fraction of sp³-hybridized carbons (Fsp3) is 0.909. The van der Waals surface area contributed by atoms with Gasteiger partial charge < -0.3 is 5.21 Å². The van der Waals surface area contributed by atoms with Gasteiger partial charge in [0.1, 0.15) is 0 Å². The minimum Gasteiger partial charge on any atom is -0.317 e. The van der Waals surface area contributed by atoms with E-state index in [0.29, 0.717) is 12.5 Å². The van der Waals surface area contributed by atoms with Crippen LogP contribution >= 0.6 is 0 Å². The van der Waals surface area contributed by atoms with E-state index in [9.17, 15) is 0 Å². The first-order valence-electron chi connectivity index (χ1n) is 5.08. The van der Waals surface area contributed by atoms with Gasteiger partial charge in [-0.05, 0) is 38.3 Å².